The molecule has 0 saturated carbocycles. The molecule has 0 aliphatic carbocycles. The summed E-state index contributed by atoms with van der Waals surface area (Å²) in [7, 11) is 0. The first-order valence-electron chi connectivity index (χ1n) is 5.01. The number of hydrogen-bond acceptors (Lipinski definition) is 4. The first kappa shape index (κ1) is 10.6. The van der Waals surface area contributed by atoms with Crippen LogP contribution in [0.3, 0.4) is 0 Å². The first-order chi connectivity index (χ1) is 7.72. The average Bonchev–Trinajstić information content (AvgIpc) is 2.68. The number of nitrogens with one attached hydrogen (secondary N) is 1. The highest BCUT2D eigenvalue weighted by atomic mass is 16.1. The molecule has 0 atom stereocenters. The molecule has 2 rings (SSSR count). The van der Waals surface area contributed by atoms with Gasteiger partial charge in [0.15, 0.2) is 5.65 Å². The predicted octanol–water partition coefficient (Wildman–Crippen LogP) is -0.274. The molecule has 0 spiro atoms. The highest BCUT2D eigenvalue weighted by Crippen LogP contribution is 2.08. The molecule has 2 aromatic heterocycles. The molecule has 2 heterocycles. The number of nitrogens with two attached hydrogens (primary N) is 1. The van der Waals surface area contributed by atoms with Crippen LogP contribution in [0.15, 0.2) is 18.5 Å². The lowest BCUT2D eigenvalue weighted by molar-refractivity contribution is 0.0956. The number of amides is 1. The van der Waals surface area contributed by atoms with Crippen LogP contribution in [-0.2, 0) is 0 Å². The van der Waals surface area contributed by atoms with Crippen LogP contribution < -0.4 is 11.1 Å². The Kier molecular flexibility index (Phi) is 2.82. The van der Waals surface area contributed by atoms with E-state index >= 15 is 0 Å². The van der Waals surface area contributed by atoms with E-state index in [4.69, 9.17) is 5.73 Å². The highest BCUT2D eigenvalue weighted by molar-refractivity contribution is 5.99. The van der Waals surface area contributed by atoms with E-state index in [1.807, 2.05) is 13.0 Å². The number of aromatic nitrogens is 3. The molecular formula is C10H13N5O. The zero-order valence-corrected chi connectivity index (χ0v) is 8.97. The number of rotatable bonds is 3. The standard InChI is InChI=1S/C10H13N5O/c1-7-2-5-15-9(14-7)8(6-13-15)10(16)12-4-3-11/h2,5-6H,3-4,11H2,1H3,(H,12,16). The number of aryl methyl sites for hydroxylation is 1. The summed E-state index contributed by atoms with van der Waals surface area (Å²) in [6, 6.07) is 1.83. The maximum atomic E-state index is 11.7. The second-order valence-corrected chi connectivity index (χ2v) is 3.44. The van der Waals surface area contributed by atoms with Gasteiger partial charge in [-0.25, -0.2) is 9.50 Å². The smallest absolute Gasteiger partial charge is 0.256 e. The van der Waals surface area contributed by atoms with Gasteiger partial charge in [0.25, 0.3) is 5.91 Å². The van der Waals surface area contributed by atoms with E-state index in [1.54, 1.807) is 10.7 Å². The van der Waals surface area contributed by atoms with Crippen molar-refractivity contribution < 1.29 is 4.79 Å². The van der Waals surface area contributed by atoms with Crippen LogP contribution in [0.2, 0.25) is 0 Å². The zero-order valence-electron chi connectivity index (χ0n) is 8.97. The van der Waals surface area contributed by atoms with Crippen LogP contribution in [0.4, 0.5) is 0 Å². The van der Waals surface area contributed by atoms with E-state index in [-0.39, 0.29) is 5.91 Å². The molecule has 2 aromatic rings. The van der Waals surface area contributed by atoms with Gasteiger partial charge in [-0.3, -0.25) is 4.79 Å². The molecule has 0 aliphatic heterocycles. The van der Waals surface area contributed by atoms with Crippen LogP contribution in [0.1, 0.15) is 16.1 Å². The van der Waals surface area contributed by atoms with Gasteiger partial charge in [0.2, 0.25) is 0 Å². The van der Waals surface area contributed by atoms with Gasteiger partial charge in [-0.05, 0) is 13.0 Å². The Labute approximate surface area is 92.5 Å². The number of nitrogens with zero attached hydrogens (tertiary/aromatic N) is 3. The van der Waals surface area contributed by atoms with Gasteiger partial charge in [-0.2, -0.15) is 5.10 Å². The fraction of sp³-hybridized carbons (Fsp3) is 0.300. The maximum Gasteiger partial charge on any atom is 0.256 e. The minimum atomic E-state index is -0.196. The summed E-state index contributed by atoms with van der Waals surface area (Å²) in [4.78, 5) is 16.0. The molecule has 84 valence electrons. The van der Waals surface area contributed by atoms with Crippen molar-refractivity contribution in [1.29, 1.82) is 0 Å². The third-order valence-corrected chi connectivity index (χ3v) is 2.18. The van der Waals surface area contributed by atoms with E-state index < -0.39 is 0 Å². The predicted molar refractivity (Wildman–Crippen MR) is 59.1 cm³/mol. The largest absolute Gasteiger partial charge is 0.351 e. The second kappa shape index (κ2) is 4.28. The van der Waals surface area contributed by atoms with Crippen LogP contribution in [-0.4, -0.2) is 33.6 Å². The van der Waals surface area contributed by atoms with Gasteiger partial charge in [0.1, 0.15) is 5.56 Å². The Bertz CT molecular complexity index is 519. The fourth-order valence-corrected chi connectivity index (χ4v) is 1.40. The summed E-state index contributed by atoms with van der Waals surface area (Å²) in [5.74, 6) is -0.196. The lowest BCUT2D eigenvalue weighted by Gasteiger charge is -2.01. The number of carbonyl (C=O) groups excluding carboxylic acids is 1. The maximum absolute atomic E-state index is 11.7. The molecular weight excluding hydrogens is 206 g/mol. The van der Waals surface area contributed by atoms with E-state index in [2.05, 4.69) is 15.4 Å². The van der Waals surface area contributed by atoms with E-state index in [0.29, 0.717) is 24.3 Å². The van der Waals surface area contributed by atoms with Crippen molar-refractivity contribution in [2.45, 2.75) is 6.92 Å². The van der Waals surface area contributed by atoms with Gasteiger partial charge in [-0.15, -0.1) is 0 Å². The van der Waals surface area contributed by atoms with Crippen molar-refractivity contribution >= 4 is 11.6 Å². The van der Waals surface area contributed by atoms with Crippen molar-refractivity contribution in [1.82, 2.24) is 19.9 Å². The molecule has 6 nitrogen and oxygen atoms in total. The van der Waals surface area contributed by atoms with Crippen molar-refractivity contribution in [2.75, 3.05) is 13.1 Å². The van der Waals surface area contributed by atoms with Gasteiger partial charge in [-0.1, -0.05) is 0 Å². The summed E-state index contributed by atoms with van der Waals surface area (Å²) in [5, 5.41) is 6.74. The minimum Gasteiger partial charge on any atom is -0.351 e. The molecule has 0 unspecified atom stereocenters. The lowest BCUT2D eigenvalue weighted by atomic mass is 10.3. The summed E-state index contributed by atoms with van der Waals surface area (Å²) in [5.41, 5.74) is 7.20. The Morgan fingerprint density at radius 2 is 2.44 bits per heavy atom. The number of carbonyl (C=O) groups is 1. The van der Waals surface area contributed by atoms with Gasteiger partial charge in [0, 0.05) is 25.0 Å². The SMILES string of the molecule is Cc1ccn2ncc(C(=O)NCCN)c2n1. The highest BCUT2D eigenvalue weighted by Gasteiger charge is 2.12. The van der Waals surface area contributed by atoms with Crippen molar-refractivity contribution in [3.8, 4) is 0 Å². The molecule has 3 N–H and O–H groups in total. The van der Waals surface area contributed by atoms with Crippen LogP contribution in [0.25, 0.3) is 5.65 Å². The average molecular weight is 219 g/mol. The van der Waals surface area contributed by atoms with E-state index in [9.17, 15) is 4.79 Å². The summed E-state index contributed by atoms with van der Waals surface area (Å²) >= 11 is 0. The molecule has 6 heteroatoms. The van der Waals surface area contributed by atoms with Gasteiger partial charge >= 0.3 is 0 Å². The fourth-order valence-electron chi connectivity index (χ4n) is 1.40. The summed E-state index contributed by atoms with van der Waals surface area (Å²) in [6.07, 6.45) is 3.28. The van der Waals surface area contributed by atoms with Crippen molar-refractivity contribution in [3.63, 3.8) is 0 Å². The Balaban J connectivity index is 2.37. The first-order valence-corrected chi connectivity index (χ1v) is 5.01. The number of fused-ring (bicyclic) bond motifs is 1. The molecule has 0 aliphatic rings. The second-order valence-electron chi connectivity index (χ2n) is 3.44. The van der Waals surface area contributed by atoms with Crippen LogP contribution >= 0.6 is 0 Å². The number of hydrogen-bond donors (Lipinski definition) is 2. The third-order valence-electron chi connectivity index (χ3n) is 2.18. The van der Waals surface area contributed by atoms with Gasteiger partial charge in [0.05, 0.1) is 6.20 Å². The summed E-state index contributed by atoms with van der Waals surface area (Å²) in [6.45, 7) is 2.73. The minimum absolute atomic E-state index is 0.196. The molecule has 0 fully saturated rings. The normalized spacial score (nSPS) is 10.6. The molecule has 16 heavy (non-hydrogen) atoms. The molecule has 0 radical (unpaired) electrons. The van der Waals surface area contributed by atoms with Crippen LogP contribution in [0.5, 0.6) is 0 Å². The van der Waals surface area contributed by atoms with Crippen molar-refractivity contribution in [2.24, 2.45) is 5.73 Å². The zero-order chi connectivity index (χ0) is 11.5. The third kappa shape index (κ3) is 1.87. The van der Waals surface area contributed by atoms with E-state index in [1.165, 1.54) is 6.20 Å². The molecule has 0 saturated heterocycles. The molecule has 0 aromatic carbocycles. The Morgan fingerprint density at radius 1 is 1.62 bits per heavy atom. The Hall–Kier alpha value is -1.95. The van der Waals surface area contributed by atoms with Crippen LogP contribution in [0, 0.1) is 6.92 Å². The van der Waals surface area contributed by atoms with E-state index in [0.717, 1.165) is 5.69 Å². The lowest BCUT2D eigenvalue weighted by Crippen LogP contribution is -2.29. The molecule has 1 amide bonds. The topological polar surface area (TPSA) is 85.3 Å². The monoisotopic (exact) mass is 219 g/mol. The van der Waals surface area contributed by atoms with Crippen molar-refractivity contribution in [3.05, 3.63) is 29.7 Å². The quantitative estimate of drug-likeness (QED) is 0.744. The van der Waals surface area contributed by atoms with Gasteiger partial charge < -0.3 is 11.1 Å². The Morgan fingerprint density at radius 3 is 3.19 bits per heavy atom. The molecule has 0 bridgehead atoms. The summed E-state index contributed by atoms with van der Waals surface area (Å²) < 4.78 is 1.57.